The summed E-state index contributed by atoms with van der Waals surface area (Å²) in [7, 11) is 3.24. The van der Waals surface area contributed by atoms with Crippen LogP contribution in [0.1, 0.15) is 12.5 Å². The highest BCUT2D eigenvalue weighted by Gasteiger charge is 2.06. The standard InChI is InChI=1S/C17H25N5O2/c1-5-18-17(19-8-9-22-12-13(2)11-20-22)21-14-6-7-15(23-3)16(10-14)24-4/h6-7,10-12H,5,8-9H2,1-4H3,(H2,18,19,21). The van der Waals surface area contributed by atoms with Gasteiger partial charge >= 0.3 is 0 Å². The van der Waals surface area contributed by atoms with Gasteiger partial charge in [0.2, 0.25) is 0 Å². The van der Waals surface area contributed by atoms with Crippen molar-refractivity contribution in [1.29, 1.82) is 0 Å². The Morgan fingerprint density at radius 3 is 2.67 bits per heavy atom. The van der Waals surface area contributed by atoms with E-state index in [1.54, 1.807) is 14.2 Å². The topological polar surface area (TPSA) is 72.7 Å². The third kappa shape index (κ3) is 4.91. The quantitative estimate of drug-likeness (QED) is 0.601. The average molecular weight is 331 g/mol. The van der Waals surface area contributed by atoms with Crippen LogP contribution in [0.3, 0.4) is 0 Å². The predicted octanol–water partition coefficient (Wildman–Crippen LogP) is 2.29. The van der Waals surface area contributed by atoms with Crippen molar-refractivity contribution in [3.8, 4) is 11.5 Å². The highest BCUT2D eigenvalue weighted by atomic mass is 16.5. The summed E-state index contributed by atoms with van der Waals surface area (Å²) in [6, 6.07) is 5.66. The zero-order valence-electron chi connectivity index (χ0n) is 14.7. The van der Waals surface area contributed by atoms with Gasteiger partial charge in [0.15, 0.2) is 17.5 Å². The van der Waals surface area contributed by atoms with Crippen LogP contribution in [0.15, 0.2) is 35.6 Å². The minimum absolute atomic E-state index is 0.629. The average Bonchev–Trinajstić information content (AvgIpc) is 3.00. The fourth-order valence-electron chi connectivity index (χ4n) is 2.21. The molecule has 0 unspecified atom stereocenters. The third-order valence-electron chi connectivity index (χ3n) is 3.35. The summed E-state index contributed by atoms with van der Waals surface area (Å²) < 4.78 is 12.5. The van der Waals surface area contributed by atoms with E-state index in [0.29, 0.717) is 24.0 Å². The van der Waals surface area contributed by atoms with Crippen LogP contribution in [-0.2, 0) is 6.54 Å². The summed E-state index contributed by atoms with van der Waals surface area (Å²) in [6.45, 7) is 6.19. The Kier molecular flexibility index (Phi) is 6.48. The molecule has 0 aliphatic carbocycles. The molecule has 130 valence electrons. The molecule has 2 aromatic rings. The maximum Gasteiger partial charge on any atom is 0.195 e. The molecule has 0 atom stereocenters. The number of anilines is 1. The van der Waals surface area contributed by atoms with Crippen LogP contribution in [0.5, 0.6) is 11.5 Å². The number of aromatic nitrogens is 2. The van der Waals surface area contributed by atoms with Crippen LogP contribution in [0.2, 0.25) is 0 Å². The van der Waals surface area contributed by atoms with Crippen molar-refractivity contribution in [2.45, 2.75) is 20.4 Å². The number of benzene rings is 1. The van der Waals surface area contributed by atoms with Crippen LogP contribution >= 0.6 is 0 Å². The molecule has 0 amide bonds. The smallest absolute Gasteiger partial charge is 0.195 e. The summed E-state index contributed by atoms with van der Waals surface area (Å²) >= 11 is 0. The number of ether oxygens (including phenoxy) is 2. The highest BCUT2D eigenvalue weighted by molar-refractivity contribution is 5.93. The molecule has 2 N–H and O–H groups in total. The molecular formula is C17H25N5O2. The van der Waals surface area contributed by atoms with Crippen molar-refractivity contribution in [3.05, 3.63) is 36.2 Å². The van der Waals surface area contributed by atoms with E-state index in [1.807, 2.05) is 49.1 Å². The van der Waals surface area contributed by atoms with Crippen LogP contribution in [0.25, 0.3) is 0 Å². The lowest BCUT2D eigenvalue weighted by molar-refractivity contribution is 0.355. The normalized spacial score (nSPS) is 11.2. The van der Waals surface area contributed by atoms with Gasteiger partial charge in [0, 0.05) is 24.5 Å². The van der Waals surface area contributed by atoms with Gasteiger partial charge in [0.25, 0.3) is 0 Å². The van der Waals surface area contributed by atoms with Gasteiger partial charge in [-0.1, -0.05) is 0 Å². The Morgan fingerprint density at radius 2 is 2.04 bits per heavy atom. The number of guanidine groups is 1. The van der Waals surface area contributed by atoms with Crippen LogP contribution in [0, 0.1) is 6.92 Å². The lowest BCUT2D eigenvalue weighted by Gasteiger charge is -2.13. The Bertz CT molecular complexity index is 681. The van der Waals surface area contributed by atoms with Gasteiger partial charge in [-0.2, -0.15) is 5.10 Å². The second-order valence-corrected chi connectivity index (χ2v) is 5.24. The summed E-state index contributed by atoms with van der Waals surface area (Å²) in [4.78, 5) is 4.57. The first kappa shape index (κ1) is 17.7. The number of methoxy groups -OCH3 is 2. The lowest BCUT2D eigenvalue weighted by Crippen LogP contribution is -2.31. The monoisotopic (exact) mass is 331 g/mol. The van der Waals surface area contributed by atoms with E-state index in [9.17, 15) is 0 Å². The number of nitrogens with zero attached hydrogens (tertiary/aromatic N) is 3. The largest absolute Gasteiger partial charge is 0.493 e. The van der Waals surface area contributed by atoms with Gasteiger partial charge in [0.1, 0.15) is 0 Å². The highest BCUT2D eigenvalue weighted by Crippen LogP contribution is 2.29. The van der Waals surface area contributed by atoms with E-state index in [-0.39, 0.29) is 0 Å². The van der Waals surface area contributed by atoms with Gasteiger partial charge in [-0.05, 0) is 31.5 Å². The maximum absolute atomic E-state index is 5.32. The number of aryl methyl sites for hydroxylation is 1. The molecular weight excluding hydrogens is 306 g/mol. The van der Waals surface area contributed by atoms with E-state index in [4.69, 9.17) is 9.47 Å². The van der Waals surface area contributed by atoms with E-state index in [1.165, 1.54) is 0 Å². The molecule has 24 heavy (non-hydrogen) atoms. The predicted molar refractivity (Wildman–Crippen MR) is 96.1 cm³/mol. The molecule has 1 aromatic heterocycles. The molecule has 0 aliphatic heterocycles. The van der Waals surface area contributed by atoms with Crippen molar-refractivity contribution in [2.24, 2.45) is 4.99 Å². The SMILES string of the molecule is CCNC(=NCCn1cc(C)cn1)Nc1ccc(OC)c(OC)c1. The van der Waals surface area contributed by atoms with Gasteiger partial charge in [0.05, 0.1) is 33.5 Å². The Hall–Kier alpha value is -2.70. The molecule has 1 heterocycles. The van der Waals surface area contributed by atoms with Gasteiger partial charge in [-0.15, -0.1) is 0 Å². The van der Waals surface area contributed by atoms with Crippen molar-refractivity contribution < 1.29 is 9.47 Å². The number of nitrogens with one attached hydrogen (secondary N) is 2. The van der Waals surface area contributed by atoms with Crippen LogP contribution in [-0.4, -0.2) is 43.0 Å². The molecule has 7 nitrogen and oxygen atoms in total. The first-order chi connectivity index (χ1) is 11.7. The van der Waals surface area contributed by atoms with Gasteiger partial charge in [-0.3, -0.25) is 9.67 Å². The van der Waals surface area contributed by atoms with Crippen LogP contribution < -0.4 is 20.1 Å². The second kappa shape index (κ2) is 8.81. The summed E-state index contributed by atoms with van der Waals surface area (Å²) in [5.41, 5.74) is 2.02. The summed E-state index contributed by atoms with van der Waals surface area (Å²) in [5, 5.41) is 10.8. The summed E-state index contributed by atoms with van der Waals surface area (Å²) in [6.07, 6.45) is 3.85. The molecule has 0 saturated carbocycles. The lowest BCUT2D eigenvalue weighted by atomic mass is 10.3. The first-order valence-electron chi connectivity index (χ1n) is 7.92. The van der Waals surface area contributed by atoms with E-state index in [0.717, 1.165) is 24.3 Å². The molecule has 0 bridgehead atoms. The van der Waals surface area contributed by atoms with E-state index >= 15 is 0 Å². The van der Waals surface area contributed by atoms with Crippen molar-refractivity contribution >= 4 is 11.6 Å². The molecule has 1 aromatic carbocycles. The minimum atomic E-state index is 0.629. The minimum Gasteiger partial charge on any atom is -0.493 e. The molecule has 2 rings (SSSR count). The summed E-state index contributed by atoms with van der Waals surface area (Å²) in [5.74, 6) is 2.08. The Morgan fingerprint density at radius 1 is 1.25 bits per heavy atom. The van der Waals surface area contributed by atoms with Crippen LogP contribution in [0.4, 0.5) is 5.69 Å². The molecule has 0 saturated heterocycles. The molecule has 0 aliphatic rings. The van der Waals surface area contributed by atoms with Gasteiger partial charge in [-0.25, -0.2) is 0 Å². The second-order valence-electron chi connectivity index (χ2n) is 5.24. The zero-order chi connectivity index (χ0) is 17.4. The van der Waals surface area contributed by atoms with Crippen molar-refractivity contribution in [1.82, 2.24) is 15.1 Å². The van der Waals surface area contributed by atoms with Crippen molar-refractivity contribution in [3.63, 3.8) is 0 Å². The molecule has 0 spiro atoms. The maximum atomic E-state index is 5.32. The zero-order valence-corrected chi connectivity index (χ0v) is 14.7. The molecule has 0 radical (unpaired) electrons. The first-order valence-corrected chi connectivity index (χ1v) is 7.92. The van der Waals surface area contributed by atoms with E-state index < -0.39 is 0 Å². The number of hydrogen-bond acceptors (Lipinski definition) is 4. The molecule has 0 fully saturated rings. The fourth-order valence-corrected chi connectivity index (χ4v) is 2.21. The molecule has 7 heteroatoms. The van der Waals surface area contributed by atoms with Gasteiger partial charge < -0.3 is 20.1 Å². The number of hydrogen-bond donors (Lipinski definition) is 2. The Labute approximate surface area is 142 Å². The van der Waals surface area contributed by atoms with Crippen molar-refractivity contribution in [2.75, 3.05) is 32.6 Å². The number of rotatable bonds is 7. The number of aliphatic imine (C=N–C) groups is 1. The van der Waals surface area contributed by atoms with E-state index in [2.05, 4.69) is 20.7 Å². The third-order valence-corrected chi connectivity index (χ3v) is 3.35. The Balaban J connectivity index is 2.03. The fraction of sp³-hybridized carbons (Fsp3) is 0.412.